The number of methoxy groups -OCH3 is 1. The van der Waals surface area contributed by atoms with Gasteiger partial charge in [-0.25, -0.2) is 5.01 Å². The van der Waals surface area contributed by atoms with Gasteiger partial charge in [0.1, 0.15) is 18.0 Å². The van der Waals surface area contributed by atoms with Crippen molar-refractivity contribution in [2.45, 2.75) is 13.0 Å². The Kier molecular flexibility index (Phi) is 6.44. The second kappa shape index (κ2) is 9.41. The molecule has 0 bridgehead atoms. The molecule has 2 aromatic carbocycles. The first-order chi connectivity index (χ1) is 15.0. The zero-order valence-corrected chi connectivity index (χ0v) is 18.2. The van der Waals surface area contributed by atoms with Crippen molar-refractivity contribution in [3.8, 4) is 5.75 Å². The second-order valence-corrected chi connectivity index (χ2v) is 8.11. The van der Waals surface area contributed by atoms with Crippen LogP contribution in [0.15, 0.2) is 60.3 Å². The minimum atomic E-state index is -0.0903. The molecule has 2 aromatic rings. The zero-order valence-electron chi connectivity index (χ0n) is 17.4. The van der Waals surface area contributed by atoms with Crippen molar-refractivity contribution in [1.29, 1.82) is 0 Å². The van der Waals surface area contributed by atoms with Gasteiger partial charge in [-0.15, -0.1) is 0 Å². The number of carbonyl (C=O) groups excluding carboxylic acids is 2. The number of amides is 2. The number of nitrogens with zero attached hydrogens (tertiary/aromatic N) is 2. The van der Waals surface area contributed by atoms with E-state index in [1.165, 1.54) is 9.91 Å². The van der Waals surface area contributed by atoms with Crippen LogP contribution < -0.4 is 20.1 Å². The van der Waals surface area contributed by atoms with Crippen LogP contribution in [0.1, 0.15) is 12.0 Å². The summed E-state index contributed by atoms with van der Waals surface area (Å²) in [5.41, 5.74) is 5.24. The van der Waals surface area contributed by atoms with Gasteiger partial charge in [0.15, 0.2) is 0 Å². The number of carbonyl (C=O) groups is 2. The molecule has 0 spiro atoms. The molecular formula is C23H26ClN4O3+. The van der Waals surface area contributed by atoms with Gasteiger partial charge in [-0.05, 0) is 36.4 Å². The van der Waals surface area contributed by atoms with Crippen molar-refractivity contribution in [1.82, 2.24) is 10.3 Å². The average molecular weight is 442 g/mol. The van der Waals surface area contributed by atoms with Crippen LogP contribution in [0.25, 0.3) is 0 Å². The van der Waals surface area contributed by atoms with Crippen molar-refractivity contribution in [2.75, 3.05) is 38.3 Å². The number of anilines is 1. The lowest BCUT2D eigenvalue weighted by Gasteiger charge is -2.35. The highest BCUT2D eigenvalue weighted by molar-refractivity contribution is 6.30. The number of piperazine rings is 1. The number of hydrogen-bond donors (Lipinski definition) is 2. The van der Waals surface area contributed by atoms with E-state index in [9.17, 15) is 9.59 Å². The topological polar surface area (TPSA) is 66.3 Å². The van der Waals surface area contributed by atoms with E-state index >= 15 is 0 Å². The normalized spacial score (nSPS) is 17.2. The Bertz CT molecular complexity index is 988. The third-order valence-electron chi connectivity index (χ3n) is 5.65. The van der Waals surface area contributed by atoms with Gasteiger partial charge >= 0.3 is 0 Å². The van der Waals surface area contributed by atoms with E-state index in [0.29, 0.717) is 23.8 Å². The number of benzene rings is 2. The van der Waals surface area contributed by atoms with Crippen molar-refractivity contribution >= 4 is 29.1 Å². The first-order valence-electron chi connectivity index (χ1n) is 10.3. The summed E-state index contributed by atoms with van der Waals surface area (Å²) >= 11 is 6.15. The molecule has 31 heavy (non-hydrogen) atoms. The lowest BCUT2D eigenvalue weighted by Crippen LogP contribution is -3.13. The highest BCUT2D eigenvalue weighted by atomic mass is 35.5. The summed E-state index contributed by atoms with van der Waals surface area (Å²) in [7, 11) is 1.66. The summed E-state index contributed by atoms with van der Waals surface area (Å²) in [6.07, 6.45) is 1.88. The van der Waals surface area contributed by atoms with E-state index in [2.05, 4.69) is 5.43 Å². The van der Waals surface area contributed by atoms with Gasteiger partial charge in [-0.3, -0.25) is 15.0 Å². The molecule has 0 radical (unpaired) electrons. The SMILES string of the molecule is COc1ccc(Cl)cc1C[NH+]1CCN(C(=O)C2=CCC(=O)N(c3ccccc3)N2)CC1. The third kappa shape index (κ3) is 4.84. The third-order valence-corrected chi connectivity index (χ3v) is 5.88. The minimum absolute atomic E-state index is 0.0761. The van der Waals surface area contributed by atoms with Crippen LogP contribution in [0.5, 0.6) is 5.75 Å². The van der Waals surface area contributed by atoms with Crippen LogP contribution in [0.2, 0.25) is 5.02 Å². The molecule has 0 unspecified atom stereocenters. The molecule has 0 aromatic heterocycles. The zero-order chi connectivity index (χ0) is 21.8. The van der Waals surface area contributed by atoms with Gasteiger partial charge in [-0.2, -0.15) is 0 Å². The molecule has 0 saturated carbocycles. The van der Waals surface area contributed by atoms with Crippen molar-refractivity contribution < 1.29 is 19.2 Å². The van der Waals surface area contributed by atoms with E-state index in [1.54, 1.807) is 13.2 Å². The van der Waals surface area contributed by atoms with Gasteiger partial charge in [-0.1, -0.05) is 29.8 Å². The first-order valence-corrected chi connectivity index (χ1v) is 10.7. The number of rotatable bonds is 5. The molecule has 2 N–H and O–H groups in total. The first kappa shape index (κ1) is 21.2. The predicted octanol–water partition coefficient (Wildman–Crippen LogP) is 1.40. The molecule has 7 nitrogen and oxygen atoms in total. The van der Waals surface area contributed by atoms with Crippen LogP contribution in [-0.4, -0.2) is 50.0 Å². The maximum atomic E-state index is 13.1. The number of hydrazine groups is 1. The summed E-state index contributed by atoms with van der Waals surface area (Å²) in [4.78, 5) is 28.6. The smallest absolute Gasteiger partial charge is 0.271 e. The summed E-state index contributed by atoms with van der Waals surface area (Å²) in [6, 6.07) is 14.9. The quantitative estimate of drug-likeness (QED) is 0.736. The lowest BCUT2D eigenvalue weighted by molar-refractivity contribution is -0.917. The number of nitrogens with one attached hydrogen (secondary N) is 2. The molecule has 2 heterocycles. The number of halogens is 1. The number of ether oxygens (including phenoxy) is 1. The van der Waals surface area contributed by atoms with E-state index in [4.69, 9.17) is 16.3 Å². The van der Waals surface area contributed by atoms with E-state index in [-0.39, 0.29) is 18.2 Å². The predicted molar refractivity (Wildman–Crippen MR) is 119 cm³/mol. The minimum Gasteiger partial charge on any atom is -0.496 e. The molecule has 162 valence electrons. The molecule has 2 aliphatic heterocycles. The standard InChI is InChI=1S/C23H25ClN4O3/c1-31-21-9-7-18(24)15-17(21)16-26-11-13-27(14-12-26)23(30)20-8-10-22(29)28(25-20)19-5-3-2-4-6-19/h2-9,15,25H,10-14,16H2,1H3/p+1. The van der Waals surface area contributed by atoms with Crippen LogP contribution in [-0.2, 0) is 16.1 Å². The fraction of sp³-hybridized carbons (Fsp3) is 0.304. The number of para-hydroxylation sites is 1. The Hall–Kier alpha value is -3.03. The molecular weight excluding hydrogens is 416 g/mol. The molecule has 2 aliphatic rings. The Balaban J connectivity index is 1.36. The molecule has 1 saturated heterocycles. The fourth-order valence-electron chi connectivity index (χ4n) is 3.96. The fourth-order valence-corrected chi connectivity index (χ4v) is 4.15. The Labute approximate surface area is 186 Å². The summed E-state index contributed by atoms with van der Waals surface area (Å²) in [6.45, 7) is 3.75. The summed E-state index contributed by atoms with van der Waals surface area (Å²) < 4.78 is 5.45. The maximum Gasteiger partial charge on any atom is 0.271 e. The van der Waals surface area contributed by atoms with Crippen LogP contribution in [0.3, 0.4) is 0 Å². The van der Waals surface area contributed by atoms with Crippen molar-refractivity contribution in [2.24, 2.45) is 0 Å². The average Bonchev–Trinajstić information content (AvgIpc) is 2.80. The maximum absolute atomic E-state index is 13.1. The van der Waals surface area contributed by atoms with E-state index in [0.717, 1.165) is 36.6 Å². The molecule has 0 atom stereocenters. The summed E-state index contributed by atoms with van der Waals surface area (Å²) in [5, 5.41) is 2.14. The largest absolute Gasteiger partial charge is 0.496 e. The van der Waals surface area contributed by atoms with Crippen molar-refractivity contribution in [3.05, 3.63) is 70.9 Å². The highest BCUT2D eigenvalue weighted by Crippen LogP contribution is 2.22. The monoisotopic (exact) mass is 441 g/mol. The number of quaternary nitrogens is 1. The van der Waals surface area contributed by atoms with Crippen LogP contribution >= 0.6 is 11.6 Å². The Morgan fingerprint density at radius 2 is 1.90 bits per heavy atom. The Morgan fingerprint density at radius 1 is 1.16 bits per heavy atom. The molecule has 0 aliphatic carbocycles. The van der Waals surface area contributed by atoms with E-state index in [1.807, 2.05) is 53.4 Å². The van der Waals surface area contributed by atoms with Crippen LogP contribution in [0.4, 0.5) is 5.69 Å². The van der Waals surface area contributed by atoms with Gasteiger partial charge < -0.3 is 14.5 Å². The van der Waals surface area contributed by atoms with E-state index < -0.39 is 0 Å². The molecule has 1 fully saturated rings. The highest BCUT2D eigenvalue weighted by Gasteiger charge is 2.30. The van der Waals surface area contributed by atoms with Gasteiger partial charge in [0.2, 0.25) is 5.91 Å². The van der Waals surface area contributed by atoms with Gasteiger partial charge in [0.05, 0.1) is 39.0 Å². The van der Waals surface area contributed by atoms with Crippen molar-refractivity contribution in [3.63, 3.8) is 0 Å². The van der Waals surface area contributed by atoms with Gasteiger partial charge in [0.25, 0.3) is 5.91 Å². The molecule has 2 amide bonds. The Morgan fingerprint density at radius 3 is 2.61 bits per heavy atom. The lowest BCUT2D eigenvalue weighted by atomic mass is 10.1. The van der Waals surface area contributed by atoms with Crippen LogP contribution in [0, 0.1) is 0 Å². The molecule has 8 heteroatoms. The summed E-state index contributed by atoms with van der Waals surface area (Å²) in [5.74, 6) is 0.665. The molecule has 4 rings (SSSR count). The second-order valence-electron chi connectivity index (χ2n) is 7.67. The number of hydrogen-bond acceptors (Lipinski definition) is 4. The van der Waals surface area contributed by atoms with Gasteiger partial charge in [0, 0.05) is 17.0 Å².